The average Bonchev–Trinajstić information content (AvgIpc) is 3.58. The van der Waals surface area contributed by atoms with E-state index in [1.165, 1.54) is 4.90 Å². The number of fused-ring (bicyclic) bond motifs is 1. The van der Waals surface area contributed by atoms with Gasteiger partial charge in [0.1, 0.15) is 0 Å². The fourth-order valence-electron chi connectivity index (χ4n) is 4.15. The number of carbonyl (C=O) groups is 3. The summed E-state index contributed by atoms with van der Waals surface area (Å²) in [4.78, 5) is 47.7. The SMILES string of the molecule is O=C(C1CC1)N1CCN(c2cccc3c2C(=O)N(Cc2cccnc2)C3=O)CC1. The Hall–Kier alpha value is -3.22. The lowest BCUT2D eigenvalue weighted by atomic mass is 10.1. The Labute approximate surface area is 168 Å². The molecule has 29 heavy (non-hydrogen) atoms. The summed E-state index contributed by atoms with van der Waals surface area (Å²) in [5, 5.41) is 0. The molecular formula is C22H22N4O3. The highest BCUT2D eigenvalue weighted by Gasteiger charge is 2.39. The Morgan fingerprint density at radius 1 is 1.00 bits per heavy atom. The van der Waals surface area contributed by atoms with Crippen LogP contribution in [-0.2, 0) is 11.3 Å². The number of aromatic nitrogens is 1. The molecule has 7 heteroatoms. The zero-order valence-electron chi connectivity index (χ0n) is 16.1. The van der Waals surface area contributed by atoms with Gasteiger partial charge in [-0.25, -0.2) is 0 Å². The van der Waals surface area contributed by atoms with Gasteiger partial charge in [-0.2, -0.15) is 0 Å². The van der Waals surface area contributed by atoms with E-state index in [2.05, 4.69) is 9.88 Å². The Morgan fingerprint density at radius 2 is 1.79 bits per heavy atom. The van der Waals surface area contributed by atoms with Crippen LogP contribution >= 0.6 is 0 Å². The third-order valence-corrected chi connectivity index (χ3v) is 5.90. The van der Waals surface area contributed by atoms with Gasteiger partial charge in [0.05, 0.1) is 23.4 Å². The number of amides is 3. The van der Waals surface area contributed by atoms with Crippen molar-refractivity contribution in [3.05, 3.63) is 59.4 Å². The first-order valence-corrected chi connectivity index (χ1v) is 10.1. The molecule has 2 aliphatic heterocycles. The van der Waals surface area contributed by atoms with Crippen molar-refractivity contribution in [2.24, 2.45) is 5.92 Å². The summed E-state index contributed by atoms with van der Waals surface area (Å²) in [7, 11) is 0. The molecule has 1 aromatic carbocycles. The van der Waals surface area contributed by atoms with Crippen molar-refractivity contribution in [2.45, 2.75) is 19.4 Å². The molecular weight excluding hydrogens is 368 g/mol. The number of imide groups is 1. The van der Waals surface area contributed by atoms with E-state index < -0.39 is 0 Å². The minimum atomic E-state index is -0.266. The van der Waals surface area contributed by atoms with Crippen LogP contribution in [-0.4, -0.2) is 58.7 Å². The molecule has 3 amide bonds. The maximum Gasteiger partial charge on any atom is 0.263 e. The topological polar surface area (TPSA) is 73.8 Å². The Bertz CT molecular complexity index is 979. The minimum Gasteiger partial charge on any atom is -0.367 e. The molecule has 2 aromatic rings. The monoisotopic (exact) mass is 390 g/mol. The van der Waals surface area contributed by atoms with Gasteiger partial charge in [-0.3, -0.25) is 24.3 Å². The lowest BCUT2D eigenvalue weighted by Gasteiger charge is -2.36. The van der Waals surface area contributed by atoms with Crippen molar-refractivity contribution in [1.82, 2.24) is 14.8 Å². The van der Waals surface area contributed by atoms with Crippen LogP contribution in [0.25, 0.3) is 0 Å². The second-order valence-corrected chi connectivity index (χ2v) is 7.84. The average molecular weight is 390 g/mol. The first kappa shape index (κ1) is 17.8. The summed E-state index contributed by atoms with van der Waals surface area (Å²) in [6, 6.07) is 9.09. The first-order chi connectivity index (χ1) is 14.1. The summed E-state index contributed by atoms with van der Waals surface area (Å²) in [5.74, 6) is -0.0428. The number of nitrogens with zero attached hydrogens (tertiary/aromatic N) is 4. The van der Waals surface area contributed by atoms with E-state index in [1.807, 2.05) is 23.1 Å². The number of carbonyl (C=O) groups excluding carboxylic acids is 3. The number of hydrogen-bond acceptors (Lipinski definition) is 5. The molecule has 1 saturated carbocycles. The summed E-state index contributed by atoms with van der Waals surface area (Å²) in [6.07, 6.45) is 5.35. The predicted octanol–water partition coefficient (Wildman–Crippen LogP) is 1.94. The maximum atomic E-state index is 13.1. The molecule has 0 spiro atoms. The summed E-state index contributed by atoms with van der Waals surface area (Å²) >= 11 is 0. The number of hydrogen-bond donors (Lipinski definition) is 0. The third kappa shape index (κ3) is 3.16. The van der Waals surface area contributed by atoms with E-state index in [1.54, 1.807) is 24.5 Å². The third-order valence-electron chi connectivity index (χ3n) is 5.90. The number of anilines is 1. The van der Waals surface area contributed by atoms with Gasteiger partial charge in [-0.15, -0.1) is 0 Å². The van der Waals surface area contributed by atoms with Gasteiger partial charge in [-0.1, -0.05) is 12.1 Å². The standard InChI is InChI=1S/C22H22N4O3/c27-20(16-6-7-16)25-11-9-24(10-12-25)18-5-1-4-17-19(18)22(29)26(21(17)28)14-15-3-2-8-23-13-15/h1-5,8,13,16H,6-7,9-12,14H2. The highest BCUT2D eigenvalue weighted by molar-refractivity contribution is 6.23. The lowest BCUT2D eigenvalue weighted by Crippen LogP contribution is -2.49. The molecule has 7 nitrogen and oxygen atoms in total. The molecule has 2 fully saturated rings. The fraction of sp³-hybridized carbons (Fsp3) is 0.364. The smallest absolute Gasteiger partial charge is 0.263 e. The van der Waals surface area contributed by atoms with Gasteiger partial charge in [0.25, 0.3) is 11.8 Å². The van der Waals surface area contributed by atoms with Crippen molar-refractivity contribution in [1.29, 1.82) is 0 Å². The van der Waals surface area contributed by atoms with Crippen LogP contribution in [0.4, 0.5) is 5.69 Å². The van der Waals surface area contributed by atoms with Crippen LogP contribution in [0.3, 0.4) is 0 Å². The number of benzene rings is 1. The summed E-state index contributed by atoms with van der Waals surface area (Å²) < 4.78 is 0. The number of rotatable bonds is 4. The highest BCUT2D eigenvalue weighted by Crippen LogP contribution is 2.34. The van der Waals surface area contributed by atoms with Crippen LogP contribution in [0.5, 0.6) is 0 Å². The zero-order chi connectivity index (χ0) is 20.0. The van der Waals surface area contributed by atoms with Gasteiger partial charge < -0.3 is 9.80 Å². The molecule has 5 rings (SSSR count). The van der Waals surface area contributed by atoms with E-state index in [4.69, 9.17) is 0 Å². The quantitative estimate of drug-likeness (QED) is 0.746. The van der Waals surface area contributed by atoms with Crippen molar-refractivity contribution < 1.29 is 14.4 Å². The van der Waals surface area contributed by atoms with Crippen LogP contribution in [0.15, 0.2) is 42.7 Å². The first-order valence-electron chi connectivity index (χ1n) is 10.1. The maximum absolute atomic E-state index is 13.1. The van der Waals surface area contributed by atoms with Gasteiger partial charge in [0.2, 0.25) is 5.91 Å². The van der Waals surface area contributed by atoms with Gasteiger partial charge >= 0.3 is 0 Å². The van der Waals surface area contributed by atoms with E-state index in [9.17, 15) is 14.4 Å². The molecule has 3 heterocycles. The number of pyridine rings is 1. The Kier molecular flexibility index (Phi) is 4.30. The van der Waals surface area contributed by atoms with Crippen LogP contribution < -0.4 is 4.90 Å². The highest BCUT2D eigenvalue weighted by atomic mass is 16.2. The molecule has 3 aliphatic rings. The van der Waals surface area contributed by atoms with Crippen molar-refractivity contribution in [3.8, 4) is 0 Å². The second kappa shape index (κ2) is 6.99. The molecule has 148 valence electrons. The molecule has 0 unspecified atom stereocenters. The van der Waals surface area contributed by atoms with Crippen molar-refractivity contribution in [3.63, 3.8) is 0 Å². The van der Waals surface area contributed by atoms with E-state index in [0.29, 0.717) is 37.3 Å². The van der Waals surface area contributed by atoms with Gasteiger partial charge in [0, 0.05) is 44.5 Å². The number of piperazine rings is 1. The Morgan fingerprint density at radius 3 is 2.48 bits per heavy atom. The molecule has 0 N–H and O–H groups in total. The minimum absolute atomic E-state index is 0.212. The largest absolute Gasteiger partial charge is 0.367 e. The molecule has 1 saturated heterocycles. The van der Waals surface area contributed by atoms with Crippen LogP contribution in [0, 0.1) is 5.92 Å². The van der Waals surface area contributed by atoms with Crippen LogP contribution in [0.2, 0.25) is 0 Å². The summed E-state index contributed by atoms with van der Waals surface area (Å²) in [5.41, 5.74) is 2.53. The van der Waals surface area contributed by atoms with Crippen molar-refractivity contribution >= 4 is 23.4 Å². The molecule has 0 radical (unpaired) electrons. The Balaban J connectivity index is 1.36. The molecule has 0 atom stereocenters. The van der Waals surface area contributed by atoms with Crippen LogP contribution in [0.1, 0.15) is 39.1 Å². The molecule has 1 aliphatic carbocycles. The molecule has 0 bridgehead atoms. The van der Waals surface area contributed by atoms with E-state index >= 15 is 0 Å². The van der Waals surface area contributed by atoms with Crippen molar-refractivity contribution in [2.75, 3.05) is 31.1 Å². The fourth-order valence-corrected chi connectivity index (χ4v) is 4.15. The second-order valence-electron chi connectivity index (χ2n) is 7.84. The van der Waals surface area contributed by atoms with Gasteiger partial charge in [0.15, 0.2) is 0 Å². The summed E-state index contributed by atoms with van der Waals surface area (Å²) in [6.45, 7) is 2.85. The molecule has 1 aromatic heterocycles. The zero-order valence-corrected chi connectivity index (χ0v) is 16.1. The predicted molar refractivity (Wildman–Crippen MR) is 106 cm³/mol. The lowest BCUT2D eigenvalue weighted by molar-refractivity contribution is -0.132. The van der Waals surface area contributed by atoms with Gasteiger partial charge in [-0.05, 0) is 36.6 Å². The van der Waals surface area contributed by atoms with E-state index in [-0.39, 0.29) is 30.2 Å². The van der Waals surface area contributed by atoms with E-state index in [0.717, 1.165) is 24.1 Å². The normalized spacial score (nSPS) is 19.0.